The smallest absolute Gasteiger partial charge is 0.224 e. The molecule has 2 aromatic rings. The van der Waals surface area contributed by atoms with Gasteiger partial charge in [0.1, 0.15) is 11.6 Å². The molecule has 6 heteroatoms. The van der Waals surface area contributed by atoms with E-state index in [0.29, 0.717) is 11.6 Å². The van der Waals surface area contributed by atoms with Gasteiger partial charge in [-0.25, -0.2) is 8.78 Å². The van der Waals surface area contributed by atoms with Gasteiger partial charge in [0.25, 0.3) is 0 Å². The molecule has 0 aromatic heterocycles. The largest absolute Gasteiger partial charge is 0.324 e. The molecule has 0 bridgehead atoms. The molecular formula is C16H12BrF2NO2. The minimum Gasteiger partial charge on any atom is -0.324 e. The molecule has 0 spiro atoms. The van der Waals surface area contributed by atoms with E-state index in [1.165, 1.54) is 0 Å². The van der Waals surface area contributed by atoms with E-state index in [9.17, 15) is 18.4 Å². The van der Waals surface area contributed by atoms with Crippen LogP contribution in [0.3, 0.4) is 0 Å². The summed E-state index contributed by atoms with van der Waals surface area (Å²) in [5, 5.41) is 2.31. The van der Waals surface area contributed by atoms with Gasteiger partial charge < -0.3 is 5.32 Å². The second-order valence-corrected chi connectivity index (χ2v) is 5.52. The highest BCUT2D eigenvalue weighted by atomic mass is 79.9. The number of ketones is 1. The van der Waals surface area contributed by atoms with Crippen molar-refractivity contribution in [3.05, 3.63) is 64.1 Å². The van der Waals surface area contributed by atoms with Gasteiger partial charge in [-0.15, -0.1) is 0 Å². The van der Waals surface area contributed by atoms with Gasteiger partial charge in [0.2, 0.25) is 5.91 Å². The number of carbonyl (C=O) groups is 2. The van der Waals surface area contributed by atoms with E-state index in [2.05, 4.69) is 21.2 Å². The monoisotopic (exact) mass is 367 g/mol. The summed E-state index contributed by atoms with van der Waals surface area (Å²) in [5.41, 5.74) is 0.395. The molecule has 114 valence electrons. The maximum absolute atomic E-state index is 13.4. The first-order valence-electron chi connectivity index (χ1n) is 6.49. The van der Waals surface area contributed by atoms with Gasteiger partial charge in [0.05, 0.1) is 5.69 Å². The number of amides is 1. The highest BCUT2D eigenvalue weighted by molar-refractivity contribution is 9.10. The second-order valence-electron chi connectivity index (χ2n) is 4.60. The average Bonchev–Trinajstić information content (AvgIpc) is 2.48. The maximum atomic E-state index is 13.4. The van der Waals surface area contributed by atoms with Crippen LogP contribution >= 0.6 is 15.9 Å². The normalized spacial score (nSPS) is 10.3. The SMILES string of the molecule is O=C(CCC(=O)c1ccc(Br)cc1)Nc1ccc(F)cc1F. The summed E-state index contributed by atoms with van der Waals surface area (Å²) in [5.74, 6) is -2.26. The zero-order valence-corrected chi connectivity index (χ0v) is 13.0. The zero-order valence-electron chi connectivity index (χ0n) is 11.4. The number of anilines is 1. The number of carbonyl (C=O) groups excluding carboxylic acids is 2. The molecule has 0 fully saturated rings. The zero-order chi connectivity index (χ0) is 16.1. The summed E-state index contributed by atoms with van der Waals surface area (Å²) in [7, 11) is 0. The number of Topliss-reactive ketones (excluding diaryl/α,β-unsaturated/α-hetero) is 1. The summed E-state index contributed by atoms with van der Waals surface area (Å²) in [4.78, 5) is 23.6. The lowest BCUT2D eigenvalue weighted by Gasteiger charge is -2.06. The highest BCUT2D eigenvalue weighted by Gasteiger charge is 2.11. The Morgan fingerprint density at radius 3 is 2.32 bits per heavy atom. The van der Waals surface area contributed by atoms with E-state index in [-0.39, 0.29) is 24.3 Å². The fourth-order valence-electron chi connectivity index (χ4n) is 1.81. The van der Waals surface area contributed by atoms with E-state index < -0.39 is 17.5 Å². The van der Waals surface area contributed by atoms with Crippen molar-refractivity contribution in [3.8, 4) is 0 Å². The molecule has 0 heterocycles. The van der Waals surface area contributed by atoms with Crippen LogP contribution in [0, 0.1) is 11.6 Å². The number of hydrogen-bond acceptors (Lipinski definition) is 2. The van der Waals surface area contributed by atoms with Crippen LogP contribution in [0.25, 0.3) is 0 Å². The van der Waals surface area contributed by atoms with Crippen molar-refractivity contribution >= 4 is 33.3 Å². The predicted octanol–water partition coefficient (Wildman–Crippen LogP) is 4.33. The van der Waals surface area contributed by atoms with Gasteiger partial charge in [-0.05, 0) is 24.3 Å². The molecule has 0 aliphatic heterocycles. The fourth-order valence-corrected chi connectivity index (χ4v) is 2.08. The minimum absolute atomic E-state index is 0.0102. The minimum atomic E-state index is -0.854. The predicted molar refractivity (Wildman–Crippen MR) is 82.7 cm³/mol. The molecule has 1 amide bonds. The molecule has 1 N–H and O–H groups in total. The van der Waals surface area contributed by atoms with Crippen molar-refractivity contribution in [2.45, 2.75) is 12.8 Å². The number of rotatable bonds is 5. The Morgan fingerprint density at radius 2 is 1.68 bits per heavy atom. The summed E-state index contributed by atoms with van der Waals surface area (Å²) in [6, 6.07) is 9.66. The lowest BCUT2D eigenvalue weighted by molar-refractivity contribution is -0.116. The molecule has 22 heavy (non-hydrogen) atoms. The molecule has 0 atom stereocenters. The Morgan fingerprint density at radius 1 is 1.00 bits per heavy atom. The Hall–Kier alpha value is -2.08. The first-order valence-corrected chi connectivity index (χ1v) is 7.28. The number of halogens is 3. The third kappa shape index (κ3) is 4.46. The molecule has 0 saturated carbocycles. The van der Waals surface area contributed by atoms with Gasteiger partial charge in [-0.3, -0.25) is 9.59 Å². The maximum Gasteiger partial charge on any atom is 0.224 e. The van der Waals surface area contributed by atoms with Crippen molar-refractivity contribution in [1.82, 2.24) is 0 Å². The lowest BCUT2D eigenvalue weighted by Crippen LogP contribution is -2.14. The fraction of sp³-hybridized carbons (Fsp3) is 0.125. The highest BCUT2D eigenvalue weighted by Crippen LogP contribution is 2.16. The standard InChI is InChI=1S/C16H12BrF2NO2/c17-11-3-1-10(2-4-11)15(21)7-8-16(22)20-14-6-5-12(18)9-13(14)19/h1-6,9H,7-8H2,(H,20,22). The molecule has 0 aliphatic carbocycles. The van der Waals surface area contributed by atoms with Crippen molar-refractivity contribution < 1.29 is 18.4 Å². The van der Waals surface area contributed by atoms with Gasteiger partial charge >= 0.3 is 0 Å². The molecule has 0 saturated heterocycles. The Kier molecular flexibility index (Phi) is 5.38. The first-order chi connectivity index (χ1) is 10.5. The van der Waals surface area contributed by atoms with E-state index in [0.717, 1.165) is 16.6 Å². The van der Waals surface area contributed by atoms with Gasteiger partial charge in [-0.1, -0.05) is 28.1 Å². The lowest BCUT2D eigenvalue weighted by atomic mass is 10.1. The molecule has 0 aliphatic rings. The summed E-state index contributed by atoms with van der Waals surface area (Å²) in [6.07, 6.45) is -0.0675. The molecular weight excluding hydrogens is 356 g/mol. The van der Waals surface area contributed by atoms with Crippen LogP contribution in [0.4, 0.5) is 14.5 Å². The van der Waals surface area contributed by atoms with Crippen LogP contribution in [0.5, 0.6) is 0 Å². The number of hydrogen-bond donors (Lipinski definition) is 1. The first kappa shape index (κ1) is 16.3. The van der Waals surface area contributed by atoms with Crippen LogP contribution < -0.4 is 5.32 Å². The van der Waals surface area contributed by atoms with Crippen LogP contribution in [0.1, 0.15) is 23.2 Å². The van der Waals surface area contributed by atoms with Crippen molar-refractivity contribution in [3.63, 3.8) is 0 Å². The van der Waals surface area contributed by atoms with Crippen LogP contribution in [-0.4, -0.2) is 11.7 Å². The van der Waals surface area contributed by atoms with Crippen molar-refractivity contribution in [2.24, 2.45) is 0 Å². The van der Waals surface area contributed by atoms with Crippen LogP contribution in [0.2, 0.25) is 0 Å². The molecule has 2 aromatic carbocycles. The third-order valence-electron chi connectivity index (χ3n) is 2.95. The van der Waals surface area contributed by atoms with Crippen LogP contribution in [0.15, 0.2) is 46.9 Å². The van der Waals surface area contributed by atoms with Gasteiger partial charge in [-0.2, -0.15) is 0 Å². The molecule has 2 rings (SSSR count). The van der Waals surface area contributed by atoms with E-state index in [1.807, 2.05) is 0 Å². The number of nitrogens with one attached hydrogen (secondary N) is 1. The van der Waals surface area contributed by atoms with Crippen molar-refractivity contribution in [2.75, 3.05) is 5.32 Å². The molecule has 0 unspecified atom stereocenters. The number of benzene rings is 2. The third-order valence-corrected chi connectivity index (χ3v) is 3.48. The van der Waals surface area contributed by atoms with E-state index >= 15 is 0 Å². The van der Waals surface area contributed by atoms with Crippen LogP contribution in [-0.2, 0) is 4.79 Å². The Bertz CT molecular complexity index is 702. The average molecular weight is 368 g/mol. The quantitative estimate of drug-likeness (QED) is 0.799. The second kappa shape index (κ2) is 7.26. The molecule has 0 radical (unpaired) electrons. The summed E-state index contributed by atoms with van der Waals surface area (Å²) < 4.78 is 27.0. The van der Waals surface area contributed by atoms with Crippen molar-refractivity contribution in [1.29, 1.82) is 0 Å². The Balaban J connectivity index is 1.89. The summed E-state index contributed by atoms with van der Waals surface area (Å²) >= 11 is 3.27. The summed E-state index contributed by atoms with van der Waals surface area (Å²) in [6.45, 7) is 0. The van der Waals surface area contributed by atoms with E-state index in [1.54, 1.807) is 24.3 Å². The molecule has 3 nitrogen and oxygen atoms in total. The van der Waals surface area contributed by atoms with E-state index in [4.69, 9.17) is 0 Å². The van der Waals surface area contributed by atoms with Gasteiger partial charge in [0.15, 0.2) is 5.78 Å². The van der Waals surface area contributed by atoms with Gasteiger partial charge in [0, 0.05) is 28.9 Å². The topological polar surface area (TPSA) is 46.2 Å². The Labute approximate surface area is 134 Å².